The molecule has 3 aromatic heterocycles. The molecule has 1 spiro atoms. The Kier molecular flexibility index (Phi) is 4.60. The first-order valence-electron chi connectivity index (χ1n) is 10.4. The standard InChI is InChI=1S/C22H25N7O2/c1-26-13-18(24-15-26)17-12-29(20(30)19-5-8-25-27(19)2)14-22(17)6-9-28(21(22)31)11-16-4-3-7-23-10-16/h3-5,7-8,10,13,15,17H,6,9,11-12,14H2,1-2H3. The van der Waals surface area contributed by atoms with E-state index in [0.29, 0.717) is 38.3 Å². The van der Waals surface area contributed by atoms with Crippen molar-refractivity contribution in [1.82, 2.24) is 34.1 Å². The Balaban J connectivity index is 1.46. The van der Waals surface area contributed by atoms with Crippen molar-refractivity contribution in [2.24, 2.45) is 19.5 Å². The first kappa shape index (κ1) is 19.5. The average Bonchev–Trinajstić information content (AvgIpc) is 3.54. The highest BCUT2D eigenvalue weighted by atomic mass is 16.2. The lowest BCUT2D eigenvalue weighted by atomic mass is 9.75. The zero-order valence-electron chi connectivity index (χ0n) is 17.7. The Labute approximate surface area is 180 Å². The minimum absolute atomic E-state index is 0.0901. The number of hydrogen-bond donors (Lipinski definition) is 0. The molecule has 0 bridgehead atoms. The number of aryl methyl sites for hydroxylation is 2. The third-order valence-corrected chi connectivity index (χ3v) is 6.59. The zero-order chi connectivity index (χ0) is 21.6. The number of hydrogen-bond acceptors (Lipinski definition) is 5. The van der Waals surface area contributed by atoms with Crippen molar-refractivity contribution in [3.63, 3.8) is 0 Å². The van der Waals surface area contributed by atoms with Crippen molar-refractivity contribution < 1.29 is 9.59 Å². The summed E-state index contributed by atoms with van der Waals surface area (Å²) >= 11 is 0. The minimum atomic E-state index is -0.662. The highest BCUT2D eigenvalue weighted by Crippen LogP contribution is 2.50. The molecule has 5 heterocycles. The average molecular weight is 419 g/mol. The first-order valence-corrected chi connectivity index (χ1v) is 10.4. The highest BCUT2D eigenvalue weighted by molar-refractivity contribution is 5.95. The molecule has 9 nitrogen and oxygen atoms in total. The van der Waals surface area contributed by atoms with Gasteiger partial charge in [0.1, 0.15) is 5.69 Å². The molecule has 2 unspecified atom stereocenters. The molecule has 31 heavy (non-hydrogen) atoms. The number of rotatable bonds is 4. The molecule has 160 valence electrons. The van der Waals surface area contributed by atoms with Crippen molar-refractivity contribution in [2.75, 3.05) is 19.6 Å². The second-order valence-electron chi connectivity index (χ2n) is 8.54. The fourth-order valence-corrected chi connectivity index (χ4v) is 4.99. The van der Waals surface area contributed by atoms with Crippen LogP contribution in [0.15, 0.2) is 49.3 Å². The maximum Gasteiger partial charge on any atom is 0.272 e. The SMILES string of the molecule is Cn1cnc(C2CN(C(=O)c3ccnn3C)CC23CCN(Cc2cccnc2)C3=O)c1. The lowest BCUT2D eigenvalue weighted by molar-refractivity contribution is -0.136. The van der Waals surface area contributed by atoms with Gasteiger partial charge >= 0.3 is 0 Å². The Bertz CT molecular complexity index is 1120. The van der Waals surface area contributed by atoms with Crippen LogP contribution in [0.1, 0.15) is 34.1 Å². The Morgan fingerprint density at radius 1 is 1.26 bits per heavy atom. The van der Waals surface area contributed by atoms with Gasteiger partial charge in [-0.1, -0.05) is 6.07 Å². The molecular weight excluding hydrogens is 394 g/mol. The molecule has 2 amide bonds. The van der Waals surface area contributed by atoms with E-state index < -0.39 is 5.41 Å². The van der Waals surface area contributed by atoms with Crippen LogP contribution >= 0.6 is 0 Å². The van der Waals surface area contributed by atoms with Crippen molar-refractivity contribution in [3.8, 4) is 0 Å². The van der Waals surface area contributed by atoms with E-state index >= 15 is 0 Å². The number of carbonyl (C=O) groups excluding carboxylic acids is 2. The van der Waals surface area contributed by atoms with Crippen LogP contribution in [0, 0.1) is 5.41 Å². The first-order chi connectivity index (χ1) is 15.0. The van der Waals surface area contributed by atoms with Gasteiger partial charge in [-0.05, 0) is 24.1 Å². The summed E-state index contributed by atoms with van der Waals surface area (Å²) in [4.78, 5) is 39.4. The van der Waals surface area contributed by atoms with Crippen molar-refractivity contribution in [3.05, 3.63) is 66.3 Å². The summed E-state index contributed by atoms with van der Waals surface area (Å²) < 4.78 is 3.47. The van der Waals surface area contributed by atoms with Crippen molar-refractivity contribution in [1.29, 1.82) is 0 Å². The smallest absolute Gasteiger partial charge is 0.272 e. The lowest BCUT2D eigenvalue weighted by Crippen LogP contribution is -2.40. The van der Waals surface area contributed by atoms with Crippen LogP contribution in [-0.2, 0) is 25.4 Å². The van der Waals surface area contributed by atoms with Gasteiger partial charge < -0.3 is 14.4 Å². The molecule has 2 aliphatic heterocycles. The molecule has 9 heteroatoms. The van der Waals surface area contributed by atoms with Crippen molar-refractivity contribution in [2.45, 2.75) is 18.9 Å². The zero-order valence-corrected chi connectivity index (χ0v) is 17.7. The summed E-state index contributed by atoms with van der Waals surface area (Å²) in [5, 5.41) is 4.12. The molecule has 0 aliphatic carbocycles. The summed E-state index contributed by atoms with van der Waals surface area (Å²) in [6.07, 6.45) is 9.55. The van der Waals surface area contributed by atoms with Crippen LogP contribution in [-0.4, -0.2) is 65.6 Å². The van der Waals surface area contributed by atoms with E-state index in [-0.39, 0.29) is 17.7 Å². The predicted octanol–water partition coefficient (Wildman–Crippen LogP) is 1.21. The van der Waals surface area contributed by atoms with Crippen LogP contribution in [0.3, 0.4) is 0 Å². The van der Waals surface area contributed by atoms with Crippen LogP contribution in [0.5, 0.6) is 0 Å². The summed E-state index contributed by atoms with van der Waals surface area (Å²) in [5.74, 6) is -0.152. The molecule has 2 fully saturated rings. The van der Waals surface area contributed by atoms with Gasteiger partial charge in [0.05, 0.1) is 17.4 Å². The van der Waals surface area contributed by atoms with E-state index in [9.17, 15) is 9.59 Å². The molecule has 3 aromatic rings. The van der Waals surface area contributed by atoms with Gasteiger partial charge in [0.2, 0.25) is 5.91 Å². The van der Waals surface area contributed by atoms with Crippen molar-refractivity contribution >= 4 is 11.8 Å². The van der Waals surface area contributed by atoms with Crippen LogP contribution in [0.25, 0.3) is 0 Å². The molecule has 0 aromatic carbocycles. The Morgan fingerprint density at radius 2 is 2.13 bits per heavy atom. The van der Waals surface area contributed by atoms with Gasteiger partial charge in [-0.25, -0.2) is 4.98 Å². The van der Waals surface area contributed by atoms with E-state index in [1.165, 1.54) is 0 Å². The van der Waals surface area contributed by atoms with E-state index in [4.69, 9.17) is 0 Å². The van der Waals surface area contributed by atoms with E-state index in [0.717, 1.165) is 11.3 Å². The van der Waals surface area contributed by atoms with E-state index in [1.54, 1.807) is 47.6 Å². The topological polar surface area (TPSA) is 89.2 Å². The Morgan fingerprint density at radius 3 is 2.81 bits per heavy atom. The quantitative estimate of drug-likeness (QED) is 0.634. The predicted molar refractivity (Wildman–Crippen MR) is 112 cm³/mol. The molecular formula is C22H25N7O2. The summed E-state index contributed by atoms with van der Waals surface area (Å²) in [6, 6.07) is 5.58. The fourth-order valence-electron chi connectivity index (χ4n) is 4.99. The molecule has 2 aliphatic rings. The summed E-state index contributed by atoms with van der Waals surface area (Å²) in [7, 11) is 3.67. The third kappa shape index (κ3) is 3.20. The fraction of sp³-hybridized carbons (Fsp3) is 0.409. The van der Waals surface area contributed by atoms with Gasteiger partial charge in [0.15, 0.2) is 0 Å². The number of pyridine rings is 1. The number of amides is 2. The second-order valence-corrected chi connectivity index (χ2v) is 8.54. The number of aromatic nitrogens is 5. The van der Waals surface area contributed by atoms with Gasteiger partial charge in [-0.15, -0.1) is 0 Å². The second kappa shape index (κ2) is 7.33. The van der Waals surface area contributed by atoms with E-state index in [2.05, 4.69) is 15.1 Å². The van der Waals surface area contributed by atoms with Gasteiger partial charge in [0, 0.05) is 71.0 Å². The molecule has 0 radical (unpaired) electrons. The lowest BCUT2D eigenvalue weighted by Gasteiger charge is -2.27. The molecule has 0 saturated carbocycles. The van der Waals surface area contributed by atoms with E-state index in [1.807, 2.05) is 34.8 Å². The molecule has 2 saturated heterocycles. The van der Waals surface area contributed by atoms with Crippen LogP contribution in [0.4, 0.5) is 0 Å². The molecule has 0 N–H and O–H groups in total. The largest absolute Gasteiger partial charge is 0.340 e. The normalized spacial score (nSPS) is 23.3. The highest BCUT2D eigenvalue weighted by Gasteiger charge is 2.58. The maximum atomic E-state index is 13.8. The van der Waals surface area contributed by atoms with Gasteiger partial charge in [-0.3, -0.25) is 19.3 Å². The minimum Gasteiger partial charge on any atom is -0.340 e. The number of likely N-dealkylation sites (tertiary alicyclic amines) is 2. The number of nitrogens with zero attached hydrogens (tertiary/aromatic N) is 7. The van der Waals surface area contributed by atoms with Gasteiger partial charge in [-0.2, -0.15) is 5.10 Å². The summed E-state index contributed by atoms with van der Waals surface area (Å²) in [6.45, 7) is 2.04. The Hall–Kier alpha value is -3.49. The molecule has 5 rings (SSSR count). The molecule has 2 atom stereocenters. The maximum absolute atomic E-state index is 13.8. The van der Waals surface area contributed by atoms with Crippen LogP contribution in [0.2, 0.25) is 0 Å². The number of carbonyl (C=O) groups is 2. The summed E-state index contributed by atoms with van der Waals surface area (Å²) in [5.41, 5.74) is 1.72. The third-order valence-electron chi connectivity index (χ3n) is 6.59. The van der Waals surface area contributed by atoms with Gasteiger partial charge in [0.25, 0.3) is 5.91 Å². The monoisotopic (exact) mass is 419 g/mol. The number of imidazole rings is 1. The van der Waals surface area contributed by atoms with Crippen LogP contribution < -0.4 is 0 Å².